The topological polar surface area (TPSA) is 58.6 Å². The van der Waals surface area contributed by atoms with Crippen LogP contribution in [0.15, 0.2) is 60.7 Å². The average molecular weight is 339 g/mol. The molecule has 1 aliphatic heterocycles. The van der Waals surface area contributed by atoms with Crippen LogP contribution < -0.4 is 5.32 Å². The molecule has 1 heterocycles. The van der Waals surface area contributed by atoms with E-state index in [1.165, 1.54) is 0 Å². The number of rotatable bonds is 6. The maximum atomic E-state index is 12.2. The third-order valence-corrected chi connectivity index (χ3v) is 4.73. The van der Waals surface area contributed by atoms with E-state index in [4.69, 9.17) is 4.74 Å². The highest BCUT2D eigenvalue weighted by molar-refractivity contribution is 5.81. The average Bonchev–Trinajstić information content (AvgIpc) is 3.16. The number of benzene rings is 2. The van der Waals surface area contributed by atoms with Gasteiger partial charge < -0.3 is 15.2 Å². The van der Waals surface area contributed by atoms with Crippen molar-refractivity contribution in [3.05, 3.63) is 71.8 Å². The Balaban J connectivity index is 1.80. The van der Waals surface area contributed by atoms with E-state index in [1.807, 2.05) is 60.7 Å². The smallest absolute Gasteiger partial charge is 0.249 e. The van der Waals surface area contributed by atoms with Crippen LogP contribution in [0.3, 0.4) is 0 Å². The molecule has 0 radical (unpaired) electrons. The van der Waals surface area contributed by atoms with Crippen molar-refractivity contribution in [2.45, 2.75) is 37.4 Å². The van der Waals surface area contributed by atoms with Gasteiger partial charge in [-0.15, -0.1) is 0 Å². The zero-order chi connectivity index (χ0) is 17.7. The molecule has 4 nitrogen and oxygen atoms in total. The highest BCUT2D eigenvalue weighted by Crippen LogP contribution is 2.34. The largest absolute Gasteiger partial charge is 0.387 e. The summed E-state index contributed by atoms with van der Waals surface area (Å²) in [5, 5.41) is 14.1. The quantitative estimate of drug-likeness (QED) is 0.851. The number of carbonyl (C=O) groups excluding carboxylic acids is 1. The second-order valence-corrected chi connectivity index (χ2v) is 6.83. The maximum absolute atomic E-state index is 12.2. The van der Waals surface area contributed by atoms with Crippen LogP contribution in [-0.2, 0) is 9.53 Å². The first kappa shape index (κ1) is 17.6. The van der Waals surface area contributed by atoms with Crippen LogP contribution in [0.25, 0.3) is 0 Å². The normalized spacial score (nSPS) is 19.6. The molecule has 25 heavy (non-hydrogen) atoms. The van der Waals surface area contributed by atoms with E-state index in [1.54, 1.807) is 6.92 Å². The van der Waals surface area contributed by atoms with Gasteiger partial charge in [0.25, 0.3) is 0 Å². The number of ether oxygens (including phenoxy) is 1. The van der Waals surface area contributed by atoms with Gasteiger partial charge in [0, 0.05) is 19.1 Å². The Morgan fingerprint density at radius 3 is 2.20 bits per heavy atom. The van der Waals surface area contributed by atoms with E-state index in [2.05, 4.69) is 5.32 Å². The summed E-state index contributed by atoms with van der Waals surface area (Å²) >= 11 is 0. The SMILES string of the molecule is C[C@](O)(CNC(=O)[C@H]1CCCO1)C(c1ccccc1)c1ccccc1. The van der Waals surface area contributed by atoms with Crippen molar-refractivity contribution >= 4 is 5.91 Å². The molecular weight excluding hydrogens is 314 g/mol. The Morgan fingerprint density at radius 1 is 1.16 bits per heavy atom. The monoisotopic (exact) mass is 339 g/mol. The lowest BCUT2D eigenvalue weighted by molar-refractivity contribution is -0.131. The number of hydrogen-bond acceptors (Lipinski definition) is 3. The molecule has 0 aliphatic carbocycles. The minimum atomic E-state index is -1.13. The summed E-state index contributed by atoms with van der Waals surface area (Å²) in [6, 6.07) is 19.8. The van der Waals surface area contributed by atoms with E-state index in [0.717, 1.165) is 24.0 Å². The Labute approximate surface area is 148 Å². The van der Waals surface area contributed by atoms with Crippen LogP contribution >= 0.6 is 0 Å². The molecule has 4 heteroatoms. The molecule has 1 fully saturated rings. The van der Waals surface area contributed by atoms with Gasteiger partial charge in [0.15, 0.2) is 0 Å². The van der Waals surface area contributed by atoms with E-state index in [9.17, 15) is 9.90 Å². The molecule has 2 aromatic rings. The predicted octanol–water partition coefficient (Wildman–Crippen LogP) is 2.86. The number of carbonyl (C=O) groups is 1. The van der Waals surface area contributed by atoms with Gasteiger partial charge in [-0.25, -0.2) is 0 Å². The van der Waals surface area contributed by atoms with Crippen LogP contribution in [0, 0.1) is 0 Å². The maximum Gasteiger partial charge on any atom is 0.249 e. The number of aliphatic hydroxyl groups is 1. The van der Waals surface area contributed by atoms with E-state index < -0.39 is 5.60 Å². The first-order valence-electron chi connectivity index (χ1n) is 8.79. The van der Waals surface area contributed by atoms with Gasteiger partial charge in [-0.3, -0.25) is 4.79 Å². The molecular formula is C21H25NO3. The first-order chi connectivity index (χ1) is 12.1. The van der Waals surface area contributed by atoms with Gasteiger partial charge >= 0.3 is 0 Å². The molecule has 0 saturated carbocycles. The molecule has 2 N–H and O–H groups in total. The molecule has 0 unspecified atom stereocenters. The van der Waals surface area contributed by atoms with Gasteiger partial charge in [-0.1, -0.05) is 60.7 Å². The standard InChI is InChI=1S/C21H25NO3/c1-21(24,15-22-20(23)18-13-8-14-25-18)19(16-9-4-2-5-10-16)17-11-6-3-7-12-17/h2-7,9-12,18-19,24H,8,13-15H2,1H3,(H,22,23)/t18-,21+/m1/s1. The predicted molar refractivity (Wildman–Crippen MR) is 97.3 cm³/mol. The third-order valence-electron chi connectivity index (χ3n) is 4.73. The van der Waals surface area contributed by atoms with Crippen molar-refractivity contribution in [1.29, 1.82) is 0 Å². The minimum absolute atomic E-state index is 0.141. The molecule has 1 saturated heterocycles. The zero-order valence-corrected chi connectivity index (χ0v) is 14.5. The van der Waals surface area contributed by atoms with Crippen LogP contribution in [0.4, 0.5) is 0 Å². The summed E-state index contributed by atoms with van der Waals surface area (Å²) in [5.41, 5.74) is 0.909. The van der Waals surface area contributed by atoms with Crippen molar-refractivity contribution in [3.63, 3.8) is 0 Å². The highest BCUT2D eigenvalue weighted by Gasteiger charge is 2.35. The molecule has 1 aliphatic rings. The fourth-order valence-electron chi connectivity index (χ4n) is 3.47. The summed E-state index contributed by atoms with van der Waals surface area (Å²) in [5.74, 6) is -0.377. The summed E-state index contributed by atoms with van der Waals surface area (Å²) in [6.07, 6.45) is 1.27. The van der Waals surface area contributed by atoms with Gasteiger partial charge in [0.2, 0.25) is 5.91 Å². The molecule has 0 aromatic heterocycles. The van der Waals surface area contributed by atoms with Gasteiger partial charge in [-0.2, -0.15) is 0 Å². The van der Waals surface area contributed by atoms with Crippen LogP contribution in [0.2, 0.25) is 0 Å². The van der Waals surface area contributed by atoms with Crippen LogP contribution in [0.1, 0.15) is 36.8 Å². The van der Waals surface area contributed by atoms with Crippen LogP contribution in [-0.4, -0.2) is 35.9 Å². The summed E-state index contributed by atoms with van der Waals surface area (Å²) in [6.45, 7) is 2.57. The highest BCUT2D eigenvalue weighted by atomic mass is 16.5. The molecule has 2 aromatic carbocycles. The zero-order valence-electron chi connectivity index (χ0n) is 14.5. The second kappa shape index (κ2) is 7.81. The Hall–Kier alpha value is -2.17. The second-order valence-electron chi connectivity index (χ2n) is 6.83. The molecule has 1 amide bonds. The van der Waals surface area contributed by atoms with Crippen molar-refractivity contribution in [3.8, 4) is 0 Å². The number of hydrogen-bond donors (Lipinski definition) is 2. The minimum Gasteiger partial charge on any atom is -0.387 e. The fraction of sp³-hybridized carbons (Fsp3) is 0.381. The summed E-state index contributed by atoms with van der Waals surface area (Å²) in [4.78, 5) is 12.2. The first-order valence-corrected chi connectivity index (χ1v) is 8.79. The summed E-state index contributed by atoms with van der Waals surface area (Å²) < 4.78 is 5.42. The number of nitrogens with one attached hydrogen (secondary N) is 1. The molecule has 0 spiro atoms. The molecule has 3 rings (SSSR count). The lowest BCUT2D eigenvalue weighted by atomic mass is 9.78. The summed E-state index contributed by atoms with van der Waals surface area (Å²) in [7, 11) is 0. The van der Waals surface area contributed by atoms with Crippen molar-refractivity contribution in [2.75, 3.05) is 13.2 Å². The molecule has 132 valence electrons. The van der Waals surface area contributed by atoms with Crippen molar-refractivity contribution in [1.82, 2.24) is 5.32 Å². The van der Waals surface area contributed by atoms with Gasteiger partial charge in [-0.05, 0) is 30.9 Å². The fourth-order valence-corrected chi connectivity index (χ4v) is 3.47. The van der Waals surface area contributed by atoms with Crippen LogP contribution in [0.5, 0.6) is 0 Å². The molecule has 0 bridgehead atoms. The Morgan fingerprint density at radius 2 is 1.72 bits per heavy atom. The van der Waals surface area contributed by atoms with E-state index in [-0.39, 0.29) is 24.5 Å². The van der Waals surface area contributed by atoms with Crippen molar-refractivity contribution < 1.29 is 14.6 Å². The molecule has 2 atom stereocenters. The lowest BCUT2D eigenvalue weighted by Gasteiger charge is -2.34. The van der Waals surface area contributed by atoms with E-state index in [0.29, 0.717) is 6.61 Å². The third kappa shape index (κ3) is 4.27. The van der Waals surface area contributed by atoms with Gasteiger partial charge in [0.05, 0.1) is 5.60 Å². The van der Waals surface area contributed by atoms with Gasteiger partial charge in [0.1, 0.15) is 6.10 Å². The Bertz CT molecular complexity index is 639. The Kier molecular flexibility index (Phi) is 5.51. The lowest BCUT2D eigenvalue weighted by Crippen LogP contribution is -2.47. The number of amides is 1. The van der Waals surface area contributed by atoms with Crippen molar-refractivity contribution in [2.24, 2.45) is 0 Å². The van der Waals surface area contributed by atoms with E-state index >= 15 is 0 Å².